The number of nitrogens with zero attached hydrogens (tertiary/aromatic N) is 3. The van der Waals surface area contributed by atoms with Gasteiger partial charge >= 0.3 is 5.97 Å². The molecule has 4 rings (SSSR count). The number of carbonyl (C=O) groups excluding carboxylic acids is 1. The lowest BCUT2D eigenvalue weighted by Crippen LogP contribution is -2.45. The van der Waals surface area contributed by atoms with Crippen molar-refractivity contribution in [2.24, 2.45) is 5.92 Å². The van der Waals surface area contributed by atoms with Gasteiger partial charge in [-0.2, -0.15) is 0 Å². The van der Waals surface area contributed by atoms with E-state index in [0.717, 1.165) is 50.9 Å². The molecule has 1 aromatic rings. The molecular weight excluding hydrogens is 502 g/mol. The summed E-state index contributed by atoms with van der Waals surface area (Å²) in [6.45, 7) is 6.55. The molecule has 3 aliphatic rings. The number of carboxylic acid groups (broad SMARTS) is 1. The third-order valence-electron chi connectivity index (χ3n) is 8.00. The second-order valence-corrected chi connectivity index (χ2v) is 11.1. The predicted octanol–water partition coefficient (Wildman–Crippen LogP) is 3.01. The Kier molecular flexibility index (Phi) is 10.8. The van der Waals surface area contributed by atoms with Gasteiger partial charge in [0.05, 0.1) is 25.7 Å². The highest BCUT2D eigenvalue weighted by Gasteiger charge is 2.47. The summed E-state index contributed by atoms with van der Waals surface area (Å²) >= 11 is 0. The summed E-state index contributed by atoms with van der Waals surface area (Å²) in [5.74, 6) is -0.407. The van der Waals surface area contributed by atoms with Crippen molar-refractivity contribution in [2.45, 2.75) is 63.7 Å². The Morgan fingerprint density at radius 3 is 2.44 bits per heavy atom. The third-order valence-corrected chi connectivity index (χ3v) is 8.00. The monoisotopic (exact) mass is 547 g/mol. The smallest absolute Gasteiger partial charge is 0.308 e. The lowest BCUT2D eigenvalue weighted by molar-refractivity contribution is -0.144. The SMILES string of the molecule is CCCCN(CCCCN(C)C)C(=O)CN1C[C@H](c2ccc3c(c2)OCO3)C(C(=O)O)[C@@H]1CCC1OCCO1. The average Bonchev–Trinajstić information content (AvgIpc) is 3.66. The molecule has 1 amide bonds. The maximum atomic E-state index is 13.7. The van der Waals surface area contributed by atoms with Gasteiger partial charge in [-0.25, -0.2) is 0 Å². The van der Waals surface area contributed by atoms with E-state index >= 15 is 0 Å². The van der Waals surface area contributed by atoms with E-state index in [1.165, 1.54) is 0 Å². The van der Waals surface area contributed by atoms with Crippen molar-refractivity contribution in [3.05, 3.63) is 23.8 Å². The quantitative estimate of drug-likeness (QED) is 0.332. The van der Waals surface area contributed by atoms with E-state index in [1.807, 2.05) is 23.1 Å². The van der Waals surface area contributed by atoms with Gasteiger partial charge in [0.1, 0.15) is 0 Å². The lowest BCUT2D eigenvalue weighted by atomic mass is 9.83. The van der Waals surface area contributed by atoms with Crippen LogP contribution < -0.4 is 9.47 Å². The number of carbonyl (C=O) groups is 2. The molecule has 0 saturated carbocycles. The largest absolute Gasteiger partial charge is 0.481 e. The van der Waals surface area contributed by atoms with Crippen LogP contribution in [-0.2, 0) is 19.1 Å². The number of benzene rings is 1. The van der Waals surface area contributed by atoms with E-state index in [2.05, 4.69) is 30.8 Å². The fraction of sp³-hybridized carbons (Fsp3) is 0.724. The molecule has 1 unspecified atom stereocenters. The zero-order valence-corrected chi connectivity index (χ0v) is 23.7. The molecule has 39 heavy (non-hydrogen) atoms. The van der Waals surface area contributed by atoms with Gasteiger partial charge in [0.15, 0.2) is 17.8 Å². The Morgan fingerprint density at radius 1 is 1.00 bits per heavy atom. The second-order valence-electron chi connectivity index (χ2n) is 11.1. The van der Waals surface area contributed by atoms with Gasteiger partial charge in [-0.15, -0.1) is 0 Å². The van der Waals surface area contributed by atoms with Crippen LogP contribution in [0.5, 0.6) is 11.5 Å². The van der Waals surface area contributed by atoms with Gasteiger partial charge < -0.3 is 33.9 Å². The van der Waals surface area contributed by atoms with Crippen molar-refractivity contribution in [2.75, 3.05) is 66.8 Å². The van der Waals surface area contributed by atoms with E-state index in [4.69, 9.17) is 18.9 Å². The number of amides is 1. The zero-order valence-electron chi connectivity index (χ0n) is 23.7. The van der Waals surface area contributed by atoms with E-state index < -0.39 is 11.9 Å². The summed E-state index contributed by atoms with van der Waals surface area (Å²) in [6.07, 6.45) is 4.80. The maximum Gasteiger partial charge on any atom is 0.308 e. The molecule has 0 aliphatic carbocycles. The highest BCUT2D eigenvalue weighted by atomic mass is 16.7. The number of rotatable bonds is 15. The van der Waals surface area contributed by atoms with Crippen LogP contribution in [0.15, 0.2) is 18.2 Å². The standard InChI is InChI=1S/C29H45N3O7/c1-4-5-13-31(14-7-6-12-30(2)3)26(33)19-32-18-22(21-8-10-24-25(17-21)39-20-38-24)28(29(34)35)23(32)9-11-27-36-15-16-37-27/h8,10,17,22-23,27-28H,4-7,9,11-16,18-20H2,1-3H3,(H,34,35)/t22-,23+,28?/m1/s1. The van der Waals surface area contributed by atoms with Gasteiger partial charge in [-0.1, -0.05) is 19.4 Å². The molecule has 3 heterocycles. The molecule has 218 valence electrons. The topological polar surface area (TPSA) is 101 Å². The average molecular weight is 548 g/mol. The molecule has 0 aromatic heterocycles. The molecule has 1 aromatic carbocycles. The highest BCUT2D eigenvalue weighted by molar-refractivity contribution is 5.79. The van der Waals surface area contributed by atoms with Crippen molar-refractivity contribution in [3.63, 3.8) is 0 Å². The molecular formula is C29H45N3O7. The Bertz CT molecular complexity index is 953. The fourth-order valence-electron chi connectivity index (χ4n) is 5.93. The number of likely N-dealkylation sites (tertiary alicyclic amines) is 1. The van der Waals surface area contributed by atoms with Gasteiger partial charge in [-0.05, 0) is 70.4 Å². The van der Waals surface area contributed by atoms with E-state index in [9.17, 15) is 14.7 Å². The molecule has 10 nitrogen and oxygen atoms in total. The zero-order chi connectivity index (χ0) is 27.8. The summed E-state index contributed by atoms with van der Waals surface area (Å²) < 4.78 is 22.3. The first-order valence-electron chi connectivity index (χ1n) is 14.4. The summed E-state index contributed by atoms with van der Waals surface area (Å²) in [6, 6.07) is 5.36. The first-order chi connectivity index (χ1) is 18.9. The predicted molar refractivity (Wildman–Crippen MR) is 146 cm³/mol. The van der Waals surface area contributed by atoms with Crippen LogP contribution in [-0.4, -0.2) is 111 Å². The number of carboxylic acids is 1. The first kappa shape index (κ1) is 29.6. The molecule has 2 fully saturated rings. The Hall–Kier alpha value is -2.40. The molecule has 2 saturated heterocycles. The van der Waals surface area contributed by atoms with Crippen molar-refractivity contribution >= 4 is 11.9 Å². The van der Waals surface area contributed by atoms with Gasteiger partial charge in [0.25, 0.3) is 0 Å². The maximum absolute atomic E-state index is 13.7. The Morgan fingerprint density at radius 2 is 1.72 bits per heavy atom. The first-order valence-corrected chi connectivity index (χ1v) is 14.4. The minimum absolute atomic E-state index is 0.0714. The highest BCUT2D eigenvalue weighted by Crippen LogP contribution is 2.43. The van der Waals surface area contributed by atoms with E-state index in [-0.39, 0.29) is 37.5 Å². The Labute approximate surface area is 232 Å². The van der Waals surface area contributed by atoms with Gasteiger partial charge in [0.2, 0.25) is 12.7 Å². The van der Waals surface area contributed by atoms with Gasteiger partial charge in [-0.3, -0.25) is 14.5 Å². The number of hydrogen-bond donors (Lipinski definition) is 1. The Balaban J connectivity index is 1.51. The molecule has 1 N–H and O–H groups in total. The fourth-order valence-corrected chi connectivity index (χ4v) is 5.93. The minimum Gasteiger partial charge on any atom is -0.481 e. The van der Waals surface area contributed by atoms with Crippen molar-refractivity contribution in [3.8, 4) is 11.5 Å². The summed E-state index contributed by atoms with van der Waals surface area (Å²) in [4.78, 5) is 32.6. The van der Waals surface area contributed by atoms with Crippen molar-refractivity contribution in [1.82, 2.24) is 14.7 Å². The van der Waals surface area contributed by atoms with E-state index in [1.54, 1.807) is 0 Å². The van der Waals surface area contributed by atoms with Crippen molar-refractivity contribution in [1.29, 1.82) is 0 Å². The molecule has 3 aliphatic heterocycles. The van der Waals surface area contributed by atoms with Crippen LogP contribution in [0.25, 0.3) is 0 Å². The molecule has 3 atom stereocenters. The van der Waals surface area contributed by atoms with Gasteiger partial charge in [0, 0.05) is 31.6 Å². The number of aliphatic carboxylic acids is 1. The molecule has 10 heteroatoms. The summed E-state index contributed by atoms with van der Waals surface area (Å²) in [5, 5.41) is 10.4. The molecule has 0 bridgehead atoms. The summed E-state index contributed by atoms with van der Waals surface area (Å²) in [7, 11) is 4.12. The van der Waals surface area contributed by atoms with Crippen LogP contribution in [0.1, 0.15) is 56.9 Å². The van der Waals surface area contributed by atoms with Crippen LogP contribution in [0.4, 0.5) is 0 Å². The second kappa shape index (κ2) is 14.3. The minimum atomic E-state index is -0.850. The number of unbranched alkanes of at least 4 members (excludes halogenated alkanes) is 2. The lowest BCUT2D eigenvalue weighted by Gasteiger charge is -2.30. The van der Waals surface area contributed by atoms with E-state index in [0.29, 0.717) is 44.1 Å². The van der Waals surface area contributed by atoms with Crippen molar-refractivity contribution < 1.29 is 33.6 Å². The third kappa shape index (κ3) is 7.84. The molecule has 0 spiro atoms. The normalized spacial score (nSPS) is 23.1. The summed E-state index contributed by atoms with van der Waals surface area (Å²) in [5.41, 5.74) is 0.895. The number of ether oxygens (including phenoxy) is 4. The van der Waals surface area contributed by atoms with Crippen LogP contribution in [0.3, 0.4) is 0 Å². The molecule has 0 radical (unpaired) electrons. The van der Waals surface area contributed by atoms with Crippen LogP contribution in [0, 0.1) is 5.92 Å². The number of fused-ring (bicyclic) bond motifs is 1. The van der Waals surface area contributed by atoms with Crippen LogP contribution in [0.2, 0.25) is 0 Å². The number of hydrogen-bond acceptors (Lipinski definition) is 8. The van der Waals surface area contributed by atoms with Crippen LogP contribution >= 0.6 is 0 Å².